The monoisotopic (exact) mass is 622 g/mol. The topological polar surface area (TPSA) is 74.2 Å². The highest BCUT2D eigenvalue weighted by molar-refractivity contribution is 6.99. The fourth-order valence-corrected chi connectivity index (χ4v) is 12.0. The summed E-state index contributed by atoms with van der Waals surface area (Å²) in [6.07, 6.45) is 10.8. The zero-order valence-electron chi connectivity index (χ0n) is 27.5. The van der Waals surface area contributed by atoms with Crippen molar-refractivity contribution in [3.8, 4) is 0 Å². The van der Waals surface area contributed by atoms with Gasteiger partial charge in [-0.2, -0.15) is 0 Å². The van der Waals surface area contributed by atoms with Crippen molar-refractivity contribution in [3.05, 3.63) is 72.8 Å². The van der Waals surface area contributed by atoms with Gasteiger partial charge in [-0.05, 0) is 71.7 Å². The lowest BCUT2D eigenvalue weighted by Gasteiger charge is -2.44. The lowest BCUT2D eigenvalue weighted by Crippen LogP contribution is -2.67. The average Bonchev–Trinajstić information content (AvgIpc) is 3.29. The molecule has 0 bridgehead atoms. The van der Waals surface area contributed by atoms with Crippen LogP contribution in [0.5, 0.6) is 0 Å². The summed E-state index contributed by atoms with van der Waals surface area (Å²) in [5.41, 5.74) is -0.310. The second kappa shape index (κ2) is 15.8. The summed E-state index contributed by atoms with van der Waals surface area (Å²) in [7, 11) is -1.33. The second-order valence-corrected chi connectivity index (χ2v) is 18.2. The number of carbonyl (C=O) groups excluding carboxylic acids is 1. The van der Waals surface area contributed by atoms with Crippen molar-refractivity contribution in [2.75, 3.05) is 26.9 Å². The van der Waals surface area contributed by atoms with Crippen LogP contribution in [-0.2, 0) is 23.4 Å². The molecule has 0 amide bonds. The standard InChI is InChI=1S/C37H54O6Si/c1-36(2,3)44(29-18-10-8-11-19-29,30-20-12-9-13-21-30)42-27-31-32(22-14-6-7-15-23-34(39)40-5)37(4,28-38)26-33(31)43-35-24-16-17-25-41-35/h6,8-14,18-21,31-33,35,38H,7,15-17,22-28H2,1-5H3/t31-,32-,33-,35?,37-/m1/s1. The van der Waals surface area contributed by atoms with E-state index in [9.17, 15) is 9.90 Å². The SMILES string of the molecule is COC(=O)CCCC=CC[C@@H]1[C@@H](CO[Si](c2ccccc2)(c2ccccc2)C(C)(C)C)[C@H](OC2CCCCO2)C[C@]1(C)CO. The van der Waals surface area contributed by atoms with E-state index in [4.69, 9.17) is 18.6 Å². The molecule has 1 heterocycles. The van der Waals surface area contributed by atoms with Crippen molar-refractivity contribution in [1.82, 2.24) is 0 Å². The van der Waals surface area contributed by atoms with Crippen LogP contribution < -0.4 is 10.4 Å². The van der Waals surface area contributed by atoms with Crippen molar-refractivity contribution in [2.24, 2.45) is 17.3 Å². The first-order valence-corrected chi connectivity index (χ1v) is 18.4. The number of unbranched alkanes of at least 4 members (excludes halogenated alkanes) is 1. The third kappa shape index (κ3) is 8.10. The quantitative estimate of drug-likeness (QED) is 0.114. The molecule has 1 saturated heterocycles. The number of benzene rings is 2. The number of ether oxygens (including phenoxy) is 3. The first-order valence-electron chi connectivity index (χ1n) is 16.5. The average molecular weight is 623 g/mol. The molecule has 0 aromatic heterocycles. The molecule has 0 radical (unpaired) electrons. The van der Waals surface area contributed by atoms with E-state index in [1.54, 1.807) is 0 Å². The largest absolute Gasteiger partial charge is 0.469 e. The van der Waals surface area contributed by atoms with Crippen LogP contribution >= 0.6 is 0 Å². The molecule has 2 fully saturated rings. The van der Waals surface area contributed by atoms with Crippen molar-refractivity contribution in [1.29, 1.82) is 0 Å². The third-order valence-corrected chi connectivity index (χ3v) is 14.8. The number of esters is 1. The summed E-state index contributed by atoms with van der Waals surface area (Å²) in [4.78, 5) is 11.5. The number of carbonyl (C=O) groups is 1. The first-order chi connectivity index (χ1) is 21.1. The highest BCUT2D eigenvalue weighted by atomic mass is 28.4. The molecule has 1 saturated carbocycles. The van der Waals surface area contributed by atoms with Gasteiger partial charge in [-0.3, -0.25) is 4.79 Å². The van der Waals surface area contributed by atoms with Crippen molar-refractivity contribution >= 4 is 24.7 Å². The maximum Gasteiger partial charge on any atom is 0.305 e. The first kappa shape index (κ1) is 34.6. The van der Waals surface area contributed by atoms with E-state index in [0.29, 0.717) is 13.0 Å². The van der Waals surface area contributed by atoms with Crippen LogP contribution in [0.2, 0.25) is 5.04 Å². The minimum Gasteiger partial charge on any atom is -0.469 e. The fourth-order valence-electron chi connectivity index (χ4n) is 7.38. The summed E-state index contributed by atoms with van der Waals surface area (Å²) in [5, 5.41) is 13.2. The molecule has 5 atom stereocenters. The minimum atomic E-state index is -2.76. The number of allylic oxidation sites excluding steroid dienone is 2. The van der Waals surface area contributed by atoms with Crippen LogP contribution in [-0.4, -0.2) is 58.7 Å². The predicted octanol–water partition coefficient (Wildman–Crippen LogP) is 6.40. The predicted molar refractivity (Wildman–Crippen MR) is 178 cm³/mol. The Labute approximate surface area is 266 Å². The van der Waals surface area contributed by atoms with E-state index in [2.05, 4.69) is 101 Å². The van der Waals surface area contributed by atoms with E-state index in [1.807, 2.05) is 0 Å². The number of aliphatic hydroxyl groups is 1. The van der Waals surface area contributed by atoms with E-state index in [-0.39, 0.29) is 47.3 Å². The zero-order valence-corrected chi connectivity index (χ0v) is 28.5. The molecule has 6 nitrogen and oxygen atoms in total. The molecule has 1 unspecified atom stereocenters. The van der Waals surface area contributed by atoms with Gasteiger partial charge in [-0.15, -0.1) is 0 Å². The molecule has 0 spiro atoms. The van der Waals surface area contributed by atoms with Gasteiger partial charge < -0.3 is 23.7 Å². The number of hydrogen-bond donors (Lipinski definition) is 1. The van der Waals surface area contributed by atoms with Gasteiger partial charge in [0.15, 0.2) is 6.29 Å². The zero-order chi connectivity index (χ0) is 31.6. The van der Waals surface area contributed by atoms with Gasteiger partial charge in [0.2, 0.25) is 0 Å². The lowest BCUT2D eigenvalue weighted by atomic mass is 9.75. The van der Waals surface area contributed by atoms with E-state index in [0.717, 1.165) is 51.6 Å². The molecule has 2 aromatic rings. The molecule has 1 N–H and O–H groups in total. The van der Waals surface area contributed by atoms with E-state index in [1.165, 1.54) is 17.5 Å². The molecule has 2 aromatic carbocycles. The Bertz CT molecular complexity index is 1130. The van der Waals surface area contributed by atoms with Crippen molar-refractivity contribution < 1.29 is 28.5 Å². The van der Waals surface area contributed by atoms with Crippen molar-refractivity contribution in [3.63, 3.8) is 0 Å². The van der Waals surface area contributed by atoms with Crippen LogP contribution in [0, 0.1) is 17.3 Å². The molecule has 44 heavy (non-hydrogen) atoms. The summed E-state index contributed by atoms with van der Waals surface area (Å²) in [5.74, 6) is 0.0720. The second-order valence-electron chi connectivity index (χ2n) is 13.9. The van der Waals surface area contributed by atoms with Gasteiger partial charge in [0.25, 0.3) is 8.32 Å². The fraction of sp³-hybridized carbons (Fsp3) is 0.595. The van der Waals surface area contributed by atoms with Gasteiger partial charge in [-0.1, -0.05) is 101 Å². The van der Waals surface area contributed by atoms with Gasteiger partial charge in [-0.25, -0.2) is 0 Å². The summed E-state index contributed by atoms with van der Waals surface area (Å²) in [6.45, 7) is 10.5. The maximum absolute atomic E-state index is 11.5. The van der Waals surface area contributed by atoms with Crippen LogP contribution in [0.4, 0.5) is 0 Å². The Morgan fingerprint density at radius 3 is 2.25 bits per heavy atom. The molecule has 4 rings (SSSR count). The van der Waals surface area contributed by atoms with Crippen LogP contribution in [0.3, 0.4) is 0 Å². The summed E-state index contributed by atoms with van der Waals surface area (Å²) >= 11 is 0. The molecular formula is C37H54O6Si. The number of rotatable bonds is 14. The Hall–Kier alpha value is -2.29. The molecule has 242 valence electrons. The van der Waals surface area contributed by atoms with Gasteiger partial charge in [0.1, 0.15) is 0 Å². The molecule has 7 heteroatoms. The summed E-state index contributed by atoms with van der Waals surface area (Å²) in [6, 6.07) is 21.5. The number of aliphatic hydroxyl groups excluding tert-OH is 1. The smallest absolute Gasteiger partial charge is 0.305 e. The summed E-state index contributed by atoms with van der Waals surface area (Å²) < 4.78 is 25.1. The Morgan fingerprint density at radius 2 is 1.70 bits per heavy atom. The Morgan fingerprint density at radius 1 is 1.05 bits per heavy atom. The molecule has 1 aliphatic carbocycles. The van der Waals surface area contributed by atoms with Crippen LogP contribution in [0.25, 0.3) is 0 Å². The Kier molecular flexibility index (Phi) is 12.4. The van der Waals surface area contributed by atoms with E-state index >= 15 is 0 Å². The van der Waals surface area contributed by atoms with Gasteiger partial charge >= 0.3 is 5.97 Å². The van der Waals surface area contributed by atoms with E-state index < -0.39 is 8.32 Å². The van der Waals surface area contributed by atoms with Gasteiger partial charge in [0, 0.05) is 32.2 Å². The van der Waals surface area contributed by atoms with Crippen LogP contribution in [0.1, 0.15) is 79.1 Å². The highest BCUT2D eigenvalue weighted by Crippen LogP contribution is 2.51. The van der Waals surface area contributed by atoms with Crippen LogP contribution in [0.15, 0.2) is 72.8 Å². The maximum atomic E-state index is 11.5. The van der Waals surface area contributed by atoms with Crippen molar-refractivity contribution in [2.45, 2.75) is 96.5 Å². The Balaban J connectivity index is 1.66. The molecule has 1 aliphatic heterocycles. The molecule has 2 aliphatic rings. The highest BCUT2D eigenvalue weighted by Gasteiger charge is 2.55. The number of hydrogen-bond acceptors (Lipinski definition) is 6. The van der Waals surface area contributed by atoms with Gasteiger partial charge in [0.05, 0.1) is 13.2 Å². The minimum absolute atomic E-state index is 0.0776. The third-order valence-electron chi connectivity index (χ3n) is 9.83. The normalized spacial score (nSPS) is 26.2. The lowest BCUT2D eigenvalue weighted by molar-refractivity contribution is -0.198. The molecular weight excluding hydrogens is 568 g/mol. The number of methoxy groups -OCH3 is 1.